The van der Waals surface area contributed by atoms with Gasteiger partial charge in [0.2, 0.25) is 0 Å². The number of amides is 3. The monoisotopic (exact) mass is 420 g/mol. The van der Waals surface area contributed by atoms with Crippen LogP contribution in [-0.4, -0.2) is 28.7 Å². The van der Waals surface area contributed by atoms with Crippen LogP contribution in [0.2, 0.25) is 5.02 Å². The van der Waals surface area contributed by atoms with Gasteiger partial charge in [0, 0.05) is 10.7 Å². The minimum absolute atomic E-state index is 0.276. The number of β-lactam (4-membered cyclic amide) rings is 1. The Bertz CT molecular complexity index is 1160. The van der Waals surface area contributed by atoms with Crippen LogP contribution in [0.5, 0.6) is 0 Å². The van der Waals surface area contributed by atoms with Crippen molar-refractivity contribution in [2.75, 3.05) is 4.90 Å². The molecule has 0 spiro atoms. The van der Waals surface area contributed by atoms with Gasteiger partial charge in [-0.2, -0.15) is 0 Å². The van der Waals surface area contributed by atoms with Gasteiger partial charge < -0.3 is 4.90 Å². The number of hydrogen-bond donors (Lipinski definition) is 0. The van der Waals surface area contributed by atoms with Gasteiger partial charge >= 0.3 is 0 Å². The van der Waals surface area contributed by atoms with E-state index in [0.717, 1.165) is 4.90 Å². The van der Waals surface area contributed by atoms with Crippen LogP contribution >= 0.6 is 11.6 Å². The maximum absolute atomic E-state index is 13.5. The zero-order valence-corrected chi connectivity index (χ0v) is 16.2. The number of benzene rings is 3. The van der Waals surface area contributed by atoms with Gasteiger partial charge in [-0.1, -0.05) is 35.9 Å². The van der Waals surface area contributed by atoms with E-state index >= 15 is 0 Å². The molecular weight excluding hydrogens is 407 g/mol. The number of carbonyl (C=O) groups is 3. The van der Waals surface area contributed by atoms with Gasteiger partial charge in [0.05, 0.1) is 17.2 Å². The fraction of sp³-hybridized carbons (Fsp3) is 0.0870. The number of hydrogen-bond acceptors (Lipinski definition) is 3. The highest BCUT2D eigenvalue weighted by Crippen LogP contribution is 2.44. The third-order valence-corrected chi connectivity index (χ3v) is 5.74. The maximum atomic E-state index is 13.5. The highest BCUT2D eigenvalue weighted by atomic mass is 35.5. The highest BCUT2D eigenvalue weighted by molar-refractivity contribution is 6.30. The van der Waals surface area contributed by atoms with Gasteiger partial charge in [0.25, 0.3) is 17.7 Å². The first-order valence-corrected chi connectivity index (χ1v) is 9.66. The number of halogens is 2. The number of anilines is 1. The Labute approximate surface area is 176 Å². The van der Waals surface area contributed by atoms with Crippen molar-refractivity contribution in [3.8, 4) is 0 Å². The molecule has 0 aromatic heterocycles. The Morgan fingerprint density at radius 1 is 0.700 bits per heavy atom. The van der Waals surface area contributed by atoms with E-state index < -0.39 is 29.7 Å². The molecule has 148 valence electrons. The van der Waals surface area contributed by atoms with E-state index in [4.69, 9.17) is 11.6 Å². The van der Waals surface area contributed by atoms with Gasteiger partial charge in [-0.05, 0) is 54.1 Å². The molecule has 2 aliphatic heterocycles. The van der Waals surface area contributed by atoms with Crippen molar-refractivity contribution in [1.29, 1.82) is 0 Å². The summed E-state index contributed by atoms with van der Waals surface area (Å²) in [5, 5.41) is 0.516. The lowest BCUT2D eigenvalue weighted by Gasteiger charge is -2.49. The highest BCUT2D eigenvalue weighted by Gasteiger charge is 2.57. The summed E-state index contributed by atoms with van der Waals surface area (Å²) >= 11 is 5.96. The second kappa shape index (κ2) is 6.78. The lowest BCUT2D eigenvalue weighted by Crippen LogP contribution is -2.67. The molecule has 7 heteroatoms. The molecule has 2 atom stereocenters. The van der Waals surface area contributed by atoms with Crippen LogP contribution in [0.3, 0.4) is 0 Å². The number of fused-ring (bicyclic) bond motifs is 1. The maximum Gasteiger partial charge on any atom is 0.262 e. The van der Waals surface area contributed by atoms with E-state index in [0.29, 0.717) is 16.3 Å². The molecule has 3 amide bonds. The smallest absolute Gasteiger partial charge is 0.262 e. The molecule has 5 nitrogen and oxygen atoms in total. The molecule has 0 saturated carbocycles. The Balaban J connectivity index is 1.58. The van der Waals surface area contributed by atoms with Crippen molar-refractivity contribution in [1.82, 2.24) is 4.90 Å². The summed E-state index contributed by atoms with van der Waals surface area (Å²) in [5.41, 5.74) is 1.75. The fourth-order valence-electron chi connectivity index (χ4n) is 4.07. The molecule has 0 N–H and O–H groups in total. The second-order valence-corrected chi connectivity index (χ2v) is 7.59. The average molecular weight is 421 g/mol. The normalized spacial score (nSPS) is 20.4. The second-order valence-electron chi connectivity index (χ2n) is 7.15. The van der Waals surface area contributed by atoms with Gasteiger partial charge in [-0.3, -0.25) is 19.3 Å². The number of imide groups is 1. The van der Waals surface area contributed by atoms with E-state index in [1.807, 2.05) is 0 Å². The number of rotatable bonds is 3. The summed E-state index contributed by atoms with van der Waals surface area (Å²) < 4.78 is 13.5. The molecule has 0 radical (unpaired) electrons. The van der Waals surface area contributed by atoms with E-state index in [1.165, 1.54) is 17.0 Å². The predicted molar refractivity (Wildman–Crippen MR) is 109 cm³/mol. The Morgan fingerprint density at radius 3 is 1.83 bits per heavy atom. The van der Waals surface area contributed by atoms with Crippen LogP contribution in [0, 0.1) is 5.82 Å². The fourth-order valence-corrected chi connectivity index (χ4v) is 4.19. The average Bonchev–Trinajstić information content (AvgIpc) is 3.00. The first-order valence-electron chi connectivity index (χ1n) is 9.28. The van der Waals surface area contributed by atoms with E-state index in [1.54, 1.807) is 60.7 Å². The first-order chi connectivity index (χ1) is 14.5. The molecule has 2 heterocycles. The molecule has 2 unspecified atom stereocenters. The molecule has 0 aliphatic carbocycles. The summed E-state index contributed by atoms with van der Waals surface area (Å²) in [5.74, 6) is -1.81. The molecular formula is C23H14ClFN2O3. The Kier molecular flexibility index (Phi) is 4.18. The third-order valence-electron chi connectivity index (χ3n) is 5.49. The lowest BCUT2D eigenvalue weighted by molar-refractivity contribution is -0.130. The molecule has 2 aliphatic rings. The van der Waals surface area contributed by atoms with Crippen LogP contribution < -0.4 is 4.90 Å². The molecule has 3 aromatic carbocycles. The van der Waals surface area contributed by atoms with Crippen LogP contribution in [-0.2, 0) is 4.79 Å². The minimum Gasteiger partial charge on any atom is -0.300 e. The minimum atomic E-state index is -1.02. The van der Waals surface area contributed by atoms with Crippen molar-refractivity contribution in [2.24, 2.45) is 0 Å². The third kappa shape index (κ3) is 2.64. The number of carbonyl (C=O) groups excluding carboxylic acids is 3. The van der Waals surface area contributed by atoms with Crippen molar-refractivity contribution >= 4 is 35.0 Å². The van der Waals surface area contributed by atoms with Gasteiger partial charge in [-0.25, -0.2) is 4.39 Å². The van der Waals surface area contributed by atoms with Crippen molar-refractivity contribution in [2.45, 2.75) is 12.1 Å². The van der Waals surface area contributed by atoms with Crippen LogP contribution in [0.15, 0.2) is 72.8 Å². The number of nitrogens with zero attached hydrogens (tertiary/aromatic N) is 2. The molecule has 1 saturated heterocycles. The molecule has 30 heavy (non-hydrogen) atoms. The van der Waals surface area contributed by atoms with Crippen LogP contribution in [0.4, 0.5) is 10.1 Å². The zero-order valence-electron chi connectivity index (χ0n) is 15.5. The zero-order chi connectivity index (χ0) is 21.0. The van der Waals surface area contributed by atoms with Crippen LogP contribution in [0.1, 0.15) is 32.3 Å². The summed E-state index contributed by atoms with van der Waals surface area (Å²) in [4.78, 5) is 41.6. The van der Waals surface area contributed by atoms with E-state index in [9.17, 15) is 18.8 Å². The van der Waals surface area contributed by atoms with E-state index in [2.05, 4.69) is 0 Å². The molecule has 1 fully saturated rings. The van der Waals surface area contributed by atoms with Crippen molar-refractivity contribution in [3.05, 3.63) is 100 Å². The Hall–Kier alpha value is -3.51. The predicted octanol–water partition coefficient (Wildman–Crippen LogP) is 4.23. The topological polar surface area (TPSA) is 57.7 Å². The Morgan fingerprint density at radius 2 is 1.27 bits per heavy atom. The van der Waals surface area contributed by atoms with Crippen LogP contribution in [0.25, 0.3) is 0 Å². The summed E-state index contributed by atoms with van der Waals surface area (Å²) in [6, 6.07) is 17.2. The molecule has 5 rings (SSSR count). The quantitative estimate of drug-likeness (QED) is 0.470. The molecule has 0 bridgehead atoms. The largest absolute Gasteiger partial charge is 0.300 e. The lowest BCUT2D eigenvalue weighted by atomic mass is 9.86. The van der Waals surface area contributed by atoms with Crippen molar-refractivity contribution < 1.29 is 18.8 Å². The standard InChI is InChI=1S/C23H14ClFN2O3/c24-14-7-11-16(12-8-14)26-19(13-5-9-15(25)10-6-13)20(23(26)30)27-21(28)17-3-1-2-4-18(17)22(27)29/h1-12,19-20H. The van der Waals surface area contributed by atoms with Gasteiger partial charge in [0.15, 0.2) is 0 Å². The summed E-state index contributed by atoms with van der Waals surface area (Å²) in [6.45, 7) is 0. The summed E-state index contributed by atoms with van der Waals surface area (Å²) in [6.07, 6.45) is 0. The van der Waals surface area contributed by atoms with Gasteiger partial charge in [0.1, 0.15) is 11.9 Å². The van der Waals surface area contributed by atoms with Gasteiger partial charge in [-0.15, -0.1) is 0 Å². The van der Waals surface area contributed by atoms with Crippen molar-refractivity contribution in [3.63, 3.8) is 0 Å². The SMILES string of the molecule is O=C1c2ccccc2C(=O)N1C1C(=O)N(c2ccc(Cl)cc2)C1c1ccc(F)cc1. The van der Waals surface area contributed by atoms with E-state index in [-0.39, 0.29) is 17.0 Å². The summed E-state index contributed by atoms with van der Waals surface area (Å²) in [7, 11) is 0. The first kappa shape index (κ1) is 18.5. The molecule has 3 aromatic rings.